The Kier molecular flexibility index (Phi) is 4.45. The first-order valence-corrected chi connectivity index (χ1v) is 4.96. The number of rotatable bonds is 3. The molecule has 0 aromatic heterocycles. The standard InChI is InChI=1S/C11H23NO/c1-8(2)9(3)10(4)12-13-11(5,6)7/h8-9H,1-7H3/t9-/m0/s1. The minimum absolute atomic E-state index is 0.183. The largest absolute Gasteiger partial charge is 0.390 e. The van der Waals surface area contributed by atoms with Gasteiger partial charge >= 0.3 is 0 Å². The molecule has 0 aliphatic heterocycles. The molecular formula is C11H23NO. The summed E-state index contributed by atoms with van der Waals surface area (Å²) < 4.78 is 0. The van der Waals surface area contributed by atoms with Gasteiger partial charge < -0.3 is 4.84 Å². The van der Waals surface area contributed by atoms with Crippen LogP contribution in [0.2, 0.25) is 0 Å². The molecule has 0 fully saturated rings. The molecule has 2 nitrogen and oxygen atoms in total. The van der Waals surface area contributed by atoms with E-state index in [9.17, 15) is 0 Å². The first-order chi connectivity index (χ1) is 5.74. The van der Waals surface area contributed by atoms with Crippen molar-refractivity contribution in [1.29, 1.82) is 0 Å². The van der Waals surface area contributed by atoms with Gasteiger partial charge in [-0.1, -0.05) is 25.9 Å². The molecule has 0 unspecified atom stereocenters. The Balaban J connectivity index is 4.17. The summed E-state index contributed by atoms with van der Waals surface area (Å²) >= 11 is 0. The van der Waals surface area contributed by atoms with Crippen LogP contribution >= 0.6 is 0 Å². The van der Waals surface area contributed by atoms with E-state index in [2.05, 4.69) is 25.9 Å². The highest BCUT2D eigenvalue weighted by Gasteiger charge is 2.14. The zero-order chi connectivity index (χ0) is 10.6. The Bertz CT molecular complexity index is 177. The summed E-state index contributed by atoms with van der Waals surface area (Å²) in [5.74, 6) is 1.11. The number of hydrogen-bond donors (Lipinski definition) is 0. The van der Waals surface area contributed by atoms with Crippen molar-refractivity contribution < 1.29 is 4.84 Å². The van der Waals surface area contributed by atoms with Crippen molar-refractivity contribution in [2.24, 2.45) is 17.0 Å². The third-order valence-electron chi connectivity index (χ3n) is 2.12. The van der Waals surface area contributed by atoms with Gasteiger partial charge in [-0.05, 0) is 39.5 Å². The normalized spacial score (nSPS) is 16.2. The number of hydrogen-bond acceptors (Lipinski definition) is 2. The fourth-order valence-corrected chi connectivity index (χ4v) is 0.774. The molecule has 0 saturated heterocycles. The summed E-state index contributed by atoms with van der Waals surface area (Å²) in [7, 11) is 0. The summed E-state index contributed by atoms with van der Waals surface area (Å²) in [6.45, 7) is 14.6. The molecule has 0 aliphatic rings. The van der Waals surface area contributed by atoms with Gasteiger partial charge in [0, 0.05) is 0 Å². The molecule has 0 bridgehead atoms. The maximum atomic E-state index is 5.35. The minimum atomic E-state index is -0.183. The maximum absolute atomic E-state index is 5.35. The molecule has 0 aliphatic carbocycles. The monoisotopic (exact) mass is 185 g/mol. The van der Waals surface area contributed by atoms with Crippen molar-refractivity contribution >= 4 is 5.71 Å². The zero-order valence-electron chi connectivity index (χ0n) is 10.0. The van der Waals surface area contributed by atoms with Crippen LogP contribution in [0.15, 0.2) is 5.16 Å². The van der Waals surface area contributed by atoms with E-state index in [0.717, 1.165) is 5.71 Å². The topological polar surface area (TPSA) is 21.6 Å². The molecule has 0 aromatic carbocycles. The zero-order valence-corrected chi connectivity index (χ0v) is 10.0. The van der Waals surface area contributed by atoms with Gasteiger partial charge in [0.05, 0.1) is 5.71 Å². The molecule has 0 radical (unpaired) electrons. The van der Waals surface area contributed by atoms with Crippen LogP contribution in [-0.4, -0.2) is 11.3 Å². The lowest BCUT2D eigenvalue weighted by molar-refractivity contribution is -0.000213. The van der Waals surface area contributed by atoms with Crippen LogP contribution in [0.5, 0.6) is 0 Å². The van der Waals surface area contributed by atoms with Gasteiger partial charge in [0.1, 0.15) is 5.60 Å². The van der Waals surface area contributed by atoms with Crippen molar-refractivity contribution in [3.63, 3.8) is 0 Å². The van der Waals surface area contributed by atoms with Crippen LogP contribution < -0.4 is 0 Å². The highest BCUT2D eigenvalue weighted by atomic mass is 16.6. The lowest BCUT2D eigenvalue weighted by atomic mass is 9.94. The smallest absolute Gasteiger partial charge is 0.129 e. The quantitative estimate of drug-likeness (QED) is 0.487. The molecule has 0 heterocycles. The van der Waals surface area contributed by atoms with Crippen molar-refractivity contribution in [2.75, 3.05) is 0 Å². The van der Waals surface area contributed by atoms with Crippen molar-refractivity contribution in [1.82, 2.24) is 0 Å². The highest BCUT2D eigenvalue weighted by molar-refractivity contribution is 5.83. The van der Waals surface area contributed by atoms with Crippen molar-refractivity contribution in [3.05, 3.63) is 0 Å². The van der Waals surface area contributed by atoms with E-state index in [-0.39, 0.29) is 5.60 Å². The van der Waals surface area contributed by atoms with E-state index in [1.807, 2.05) is 27.7 Å². The van der Waals surface area contributed by atoms with E-state index < -0.39 is 0 Å². The predicted octanol–water partition coefficient (Wildman–Crippen LogP) is 3.47. The van der Waals surface area contributed by atoms with Gasteiger partial charge in [0.15, 0.2) is 0 Å². The lowest BCUT2D eigenvalue weighted by Gasteiger charge is -2.19. The maximum Gasteiger partial charge on any atom is 0.129 e. The number of nitrogens with zero attached hydrogens (tertiary/aromatic N) is 1. The average molecular weight is 185 g/mol. The average Bonchev–Trinajstić information content (AvgIpc) is 1.97. The Labute approximate surface area is 82.4 Å². The summed E-state index contributed by atoms with van der Waals surface area (Å²) in [6, 6.07) is 0. The molecule has 0 amide bonds. The molecule has 0 saturated carbocycles. The van der Waals surface area contributed by atoms with Crippen LogP contribution in [0.4, 0.5) is 0 Å². The molecule has 13 heavy (non-hydrogen) atoms. The van der Waals surface area contributed by atoms with E-state index in [4.69, 9.17) is 4.84 Å². The van der Waals surface area contributed by atoms with E-state index >= 15 is 0 Å². The van der Waals surface area contributed by atoms with Crippen LogP contribution in [-0.2, 0) is 4.84 Å². The second kappa shape index (κ2) is 4.64. The summed E-state index contributed by atoms with van der Waals surface area (Å²) in [4.78, 5) is 5.35. The predicted molar refractivity (Wildman–Crippen MR) is 57.9 cm³/mol. The van der Waals surface area contributed by atoms with Gasteiger partial charge in [-0.3, -0.25) is 0 Å². The third kappa shape index (κ3) is 5.67. The summed E-state index contributed by atoms with van der Waals surface area (Å²) in [6.07, 6.45) is 0. The van der Waals surface area contributed by atoms with Gasteiger partial charge in [-0.15, -0.1) is 0 Å². The van der Waals surface area contributed by atoms with Gasteiger partial charge in [-0.2, -0.15) is 0 Å². The van der Waals surface area contributed by atoms with Gasteiger partial charge in [-0.25, -0.2) is 0 Å². The van der Waals surface area contributed by atoms with Crippen LogP contribution in [0.1, 0.15) is 48.5 Å². The first-order valence-electron chi connectivity index (χ1n) is 4.96. The number of oxime groups is 1. The Morgan fingerprint density at radius 1 is 1.15 bits per heavy atom. The van der Waals surface area contributed by atoms with E-state index in [0.29, 0.717) is 11.8 Å². The lowest BCUT2D eigenvalue weighted by Crippen LogP contribution is -2.19. The Hall–Kier alpha value is -0.530. The van der Waals surface area contributed by atoms with Crippen LogP contribution in [0.3, 0.4) is 0 Å². The Morgan fingerprint density at radius 2 is 1.62 bits per heavy atom. The molecule has 78 valence electrons. The Morgan fingerprint density at radius 3 is 1.92 bits per heavy atom. The van der Waals surface area contributed by atoms with Gasteiger partial charge in [0.25, 0.3) is 0 Å². The second-order valence-electron chi connectivity index (χ2n) is 4.97. The summed E-state index contributed by atoms with van der Waals surface area (Å²) in [5.41, 5.74) is 0.891. The molecule has 1 atom stereocenters. The minimum Gasteiger partial charge on any atom is -0.390 e. The van der Waals surface area contributed by atoms with Gasteiger partial charge in [0.2, 0.25) is 0 Å². The molecule has 0 N–H and O–H groups in total. The van der Waals surface area contributed by atoms with Crippen LogP contribution in [0, 0.1) is 11.8 Å². The van der Waals surface area contributed by atoms with Crippen LogP contribution in [0.25, 0.3) is 0 Å². The fraction of sp³-hybridized carbons (Fsp3) is 0.909. The summed E-state index contributed by atoms with van der Waals surface area (Å²) in [5, 5.41) is 4.13. The van der Waals surface area contributed by atoms with E-state index in [1.165, 1.54) is 0 Å². The molecular weight excluding hydrogens is 162 g/mol. The van der Waals surface area contributed by atoms with Crippen molar-refractivity contribution in [2.45, 2.75) is 54.1 Å². The highest BCUT2D eigenvalue weighted by Crippen LogP contribution is 2.14. The molecule has 0 spiro atoms. The molecule has 0 rings (SSSR count). The SMILES string of the molecule is CC(=NOC(C)(C)C)[C@@H](C)C(C)C. The molecule has 0 aromatic rings. The fourth-order valence-electron chi connectivity index (χ4n) is 0.774. The van der Waals surface area contributed by atoms with E-state index in [1.54, 1.807) is 0 Å². The molecule has 2 heteroatoms. The first kappa shape index (κ1) is 12.5. The third-order valence-corrected chi connectivity index (χ3v) is 2.12. The second-order valence-corrected chi connectivity index (χ2v) is 4.97. The van der Waals surface area contributed by atoms with Crippen molar-refractivity contribution in [3.8, 4) is 0 Å².